The zero-order valence-electron chi connectivity index (χ0n) is 9.89. The first kappa shape index (κ1) is 12.7. The molecule has 0 spiro atoms. The number of aliphatic hydroxyl groups excluding tert-OH is 1. The van der Waals surface area contributed by atoms with Crippen molar-refractivity contribution in [1.29, 1.82) is 0 Å². The molecule has 2 rings (SSSR count). The number of hydrogen-bond donors (Lipinski definition) is 1. The minimum atomic E-state index is -0.168. The predicted molar refractivity (Wildman–Crippen MR) is 70.4 cm³/mol. The van der Waals surface area contributed by atoms with Gasteiger partial charge in [0, 0.05) is 16.7 Å². The fourth-order valence-electron chi connectivity index (χ4n) is 1.58. The highest BCUT2D eigenvalue weighted by atomic mass is 35.5. The van der Waals surface area contributed by atoms with Gasteiger partial charge < -0.3 is 14.6 Å². The maximum atomic E-state index is 9.29. The molecule has 2 aromatic carbocycles. The summed E-state index contributed by atoms with van der Waals surface area (Å²) in [6, 6.07) is 12.5. The summed E-state index contributed by atoms with van der Waals surface area (Å²) in [7, 11) is 1.59. The SMILES string of the molecule is COc1cccc(Oc2cccc(Cl)c2CO)c1. The van der Waals surface area contributed by atoms with E-state index in [4.69, 9.17) is 21.1 Å². The summed E-state index contributed by atoms with van der Waals surface area (Å²) >= 11 is 5.99. The Labute approximate surface area is 111 Å². The summed E-state index contributed by atoms with van der Waals surface area (Å²) in [5.74, 6) is 1.88. The number of ether oxygens (including phenoxy) is 2. The molecule has 1 N–H and O–H groups in total. The minimum Gasteiger partial charge on any atom is -0.497 e. The Bertz CT molecular complexity index is 540. The summed E-state index contributed by atoms with van der Waals surface area (Å²) in [6.07, 6.45) is 0. The van der Waals surface area contributed by atoms with Gasteiger partial charge in [-0.2, -0.15) is 0 Å². The maximum Gasteiger partial charge on any atom is 0.134 e. The van der Waals surface area contributed by atoms with Crippen LogP contribution in [0.3, 0.4) is 0 Å². The van der Waals surface area contributed by atoms with E-state index in [-0.39, 0.29) is 6.61 Å². The maximum absolute atomic E-state index is 9.29. The van der Waals surface area contributed by atoms with Gasteiger partial charge >= 0.3 is 0 Å². The van der Waals surface area contributed by atoms with Gasteiger partial charge in [0.2, 0.25) is 0 Å². The molecule has 3 nitrogen and oxygen atoms in total. The van der Waals surface area contributed by atoms with Gasteiger partial charge in [0.15, 0.2) is 0 Å². The summed E-state index contributed by atoms with van der Waals surface area (Å²) in [6.45, 7) is -0.168. The van der Waals surface area contributed by atoms with Crippen molar-refractivity contribution in [2.24, 2.45) is 0 Å². The number of benzene rings is 2. The molecule has 0 aromatic heterocycles. The van der Waals surface area contributed by atoms with E-state index in [0.717, 1.165) is 0 Å². The molecule has 0 unspecified atom stereocenters. The first-order valence-electron chi connectivity index (χ1n) is 5.44. The Morgan fingerprint density at radius 3 is 2.56 bits per heavy atom. The minimum absolute atomic E-state index is 0.168. The van der Waals surface area contributed by atoms with Crippen LogP contribution in [0.4, 0.5) is 0 Å². The van der Waals surface area contributed by atoms with E-state index in [0.29, 0.717) is 27.8 Å². The third-order valence-corrected chi connectivity index (χ3v) is 2.86. The van der Waals surface area contributed by atoms with E-state index in [1.165, 1.54) is 0 Å². The van der Waals surface area contributed by atoms with Gasteiger partial charge in [-0.1, -0.05) is 23.7 Å². The molecule has 94 valence electrons. The van der Waals surface area contributed by atoms with Crippen molar-refractivity contribution in [1.82, 2.24) is 0 Å². The average Bonchev–Trinajstić information content (AvgIpc) is 2.39. The number of rotatable bonds is 4. The second kappa shape index (κ2) is 5.76. The summed E-state index contributed by atoms with van der Waals surface area (Å²) < 4.78 is 10.8. The van der Waals surface area contributed by atoms with E-state index in [1.807, 2.05) is 18.2 Å². The molecule has 0 heterocycles. The fraction of sp³-hybridized carbons (Fsp3) is 0.143. The van der Waals surface area contributed by atoms with Crippen LogP contribution in [-0.2, 0) is 6.61 Å². The topological polar surface area (TPSA) is 38.7 Å². The van der Waals surface area contributed by atoms with Gasteiger partial charge in [0.1, 0.15) is 17.2 Å². The number of halogens is 1. The van der Waals surface area contributed by atoms with Gasteiger partial charge in [-0.05, 0) is 24.3 Å². The largest absolute Gasteiger partial charge is 0.497 e. The van der Waals surface area contributed by atoms with E-state index in [1.54, 1.807) is 31.4 Å². The van der Waals surface area contributed by atoms with Crippen molar-refractivity contribution in [3.63, 3.8) is 0 Å². The number of aliphatic hydroxyl groups is 1. The first-order valence-corrected chi connectivity index (χ1v) is 5.82. The summed E-state index contributed by atoms with van der Waals surface area (Å²) in [5, 5.41) is 9.77. The van der Waals surface area contributed by atoms with E-state index in [2.05, 4.69) is 0 Å². The van der Waals surface area contributed by atoms with Crippen molar-refractivity contribution in [2.75, 3.05) is 7.11 Å². The molecule has 4 heteroatoms. The zero-order valence-corrected chi connectivity index (χ0v) is 10.6. The molecular weight excluding hydrogens is 252 g/mol. The standard InChI is InChI=1S/C14H13ClO3/c1-17-10-4-2-5-11(8-10)18-14-7-3-6-13(15)12(14)9-16/h2-8,16H,9H2,1H3. The second-order valence-corrected chi connectivity index (χ2v) is 4.06. The van der Waals surface area contributed by atoms with E-state index < -0.39 is 0 Å². The molecule has 0 saturated heterocycles. The van der Waals surface area contributed by atoms with Crippen molar-refractivity contribution in [2.45, 2.75) is 6.61 Å². The Morgan fingerprint density at radius 2 is 1.83 bits per heavy atom. The van der Waals surface area contributed by atoms with Crippen molar-refractivity contribution < 1.29 is 14.6 Å². The third-order valence-electron chi connectivity index (χ3n) is 2.50. The monoisotopic (exact) mass is 264 g/mol. The van der Waals surface area contributed by atoms with Crippen LogP contribution >= 0.6 is 11.6 Å². The third kappa shape index (κ3) is 2.75. The lowest BCUT2D eigenvalue weighted by atomic mass is 10.2. The predicted octanol–water partition coefficient (Wildman–Crippen LogP) is 3.63. The van der Waals surface area contributed by atoms with Crippen LogP contribution in [0.25, 0.3) is 0 Å². The van der Waals surface area contributed by atoms with Gasteiger partial charge in [-0.25, -0.2) is 0 Å². The summed E-state index contributed by atoms with van der Waals surface area (Å²) in [5.41, 5.74) is 0.571. The van der Waals surface area contributed by atoms with Gasteiger partial charge in [0.25, 0.3) is 0 Å². The van der Waals surface area contributed by atoms with E-state index >= 15 is 0 Å². The molecule has 18 heavy (non-hydrogen) atoms. The lowest BCUT2D eigenvalue weighted by Gasteiger charge is -2.11. The van der Waals surface area contributed by atoms with Crippen LogP contribution in [0.15, 0.2) is 42.5 Å². The lowest BCUT2D eigenvalue weighted by Crippen LogP contribution is -1.93. The van der Waals surface area contributed by atoms with Crippen LogP contribution in [0.5, 0.6) is 17.2 Å². The quantitative estimate of drug-likeness (QED) is 0.916. The highest BCUT2D eigenvalue weighted by Crippen LogP contribution is 2.31. The smallest absolute Gasteiger partial charge is 0.134 e. The van der Waals surface area contributed by atoms with Crippen molar-refractivity contribution in [3.05, 3.63) is 53.1 Å². The molecule has 0 aliphatic heterocycles. The molecule has 0 aliphatic carbocycles. The Morgan fingerprint density at radius 1 is 1.11 bits per heavy atom. The van der Waals surface area contributed by atoms with Crippen LogP contribution in [-0.4, -0.2) is 12.2 Å². The van der Waals surface area contributed by atoms with Crippen LogP contribution in [0.1, 0.15) is 5.56 Å². The van der Waals surface area contributed by atoms with Crippen LogP contribution in [0, 0.1) is 0 Å². The molecule has 0 fully saturated rings. The second-order valence-electron chi connectivity index (χ2n) is 3.66. The van der Waals surface area contributed by atoms with Crippen molar-refractivity contribution in [3.8, 4) is 17.2 Å². The molecular formula is C14H13ClO3. The molecule has 0 saturated carbocycles. The molecule has 0 radical (unpaired) electrons. The van der Waals surface area contributed by atoms with Crippen LogP contribution < -0.4 is 9.47 Å². The zero-order chi connectivity index (χ0) is 13.0. The van der Waals surface area contributed by atoms with Gasteiger partial charge in [0.05, 0.1) is 13.7 Å². The normalized spacial score (nSPS) is 10.2. The molecule has 0 amide bonds. The van der Waals surface area contributed by atoms with Crippen LogP contribution in [0.2, 0.25) is 5.02 Å². The highest BCUT2D eigenvalue weighted by Gasteiger charge is 2.08. The molecule has 2 aromatic rings. The Hall–Kier alpha value is -1.71. The van der Waals surface area contributed by atoms with Gasteiger partial charge in [-0.15, -0.1) is 0 Å². The molecule has 0 bridgehead atoms. The summed E-state index contributed by atoms with van der Waals surface area (Å²) in [4.78, 5) is 0. The molecule has 0 aliphatic rings. The van der Waals surface area contributed by atoms with Crippen molar-refractivity contribution >= 4 is 11.6 Å². The van der Waals surface area contributed by atoms with E-state index in [9.17, 15) is 5.11 Å². The lowest BCUT2D eigenvalue weighted by molar-refractivity contribution is 0.276. The Kier molecular flexibility index (Phi) is 4.07. The van der Waals surface area contributed by atoms with Gasteiger partial charge in [-0.3, -0.25) is 0 Å². The average molecular weight is 265 g/mol. The fourth-order valence-corrected chi connectivity index (χ4v) is 1.81. The number of methoxy groups -OCH3 is 1. The first-order chi connectivity index (χ1) is 8.74. The highest BCUT2D eigenvalue weighted by molar-refractivity contribution is 6.31. The number of hydrogen-bond acceptors (Lipinski definition) is 3. The molecule has 0 atom stereocenters. The Balaban J connectivity index is 2.30.